The van der Waals surface area contributed by atoms with E-state index in [0.29, 0.717) is 25.9 Å². The summed E-state index contributed by atoms with van der Waals surface area (Å²) in [4.78, 5) is 24.3. The summed E-state index contributed by atoms with van der Waals surface area (Å²) >= 11 is 0. The third kappa shape index (κ3) is 4.37. The molecular weight excluding hydrogens is 292 g/mol. The zero-order chi connectivity index (χ0) is 16.3. The molecule has 0 atom stereocenters. The first-order valence-corrected chi connectivity index (χ1v) is 7.09. The molecule has 0 radical (unpaired) electrons. The number of hydrogen-bond acceptors (Lipinski definition) is 6. The van der Waals surface area contributed by atoms with Crippen molar-refractivity contribution in [1.82, 2.24) is 10.1 Å². The fraction of sp³-hybridized carbons (Fsp3) is 0.643. The van der Waals surface area contributed by atoms with Crippen LogP contribution in [0.5, 0.6) is 5.88 Å². The Morgan fingerprint density at radius 3 is 2.50 bits per heavy atom. The summed E-state index contributed by atoms with van der Waals surface area (Å²) in [7, 11) is 0. The van der Waals surface area contributed by atoms with Gasteiger partial charge in [-0.05, 0) is 25.9 Å². The predicted octanol–water partition coefficient (Wildman–Crippen LogP) is 2.15. The van der Waals surface area contributed by atoms with Crippen molar-refractivity contribution in [3.8, 4) is 5.88 Å². The predicted molar refractivity (Wildman–Crippen MR) is 74.9 cm³/mol. The van der Waals surface area contributed by atoms with Crippen LogP contribution in [-0.4, -0.2) is 52.0 Å². The summed E-state index contributed by atoms with van der Waals surface area (Å²) in [5.41, 5.74) is -0.515. The van der Waals surface area contributed by atoms with Crippen LogP contribution in [-0.2, 0) is 4.74 Å². The van der Waals surface area contributed by atoms with Crippen molar-refractivity contribution in [3.05, 3.63) is 11.8 Å². The van der Waals surface area contributed by atoms with E-state index in [4.69, 9.17) is 14.6 Å². The normalized spacial score (nSPS) is 16.4. The molecule has 22 heavy (non-hydrogen) atoms. The summed E-state index contributed by atoms with van der Waals surface area (Å²) in [6, 6.07) is 1.24. The van der Waals surface area contributed by atoms with Crippen molar-refractivity contribution in [2.45, 2.75) is 45.3 Å². The summed E-state index contributed by atoms with van der Waals surface area (Å²) in [6.07, 6.45) is 0.772. The summed E-state index contributed by atoms with van der Waals surface area (Å²) < 4.78 is 15.5. The molecule has 0 saturated carbocycles. The highest BCUT2D eigenvalue weighted by Gasteiger charge is 2.28. The topological polar surface area (TPSA) is 102 Å². The van der Waals surface area contributed by atoms with Crippen LogP contribution >= 0.6 is 0 Å². The van der Waals surface area contributed by atoms with E-state index in [0.717, 1.165) is 0 Å². The monoisotopic (exact) mass is 312 g/mol. The maximum atomic E-state index is 11.9. The number of carbonyl (C=O) groups excluding carboxylic acids is 1. The number of likely N-dealkylation sites (tertiary alicyclic amines) is 1. The lowest BCUT2D eigenvalue weighted by atomic mass is 10.1. The number of carboxylic acids is 1. The molecule has 2 heterocycles. The van der Waals surface area contributed by atoms with Crippen LogP contribution in [0.1, 0.15) is 44.2 Å². The number of ether oxygens (including phenoxy) is 2. The van der Waals surface area contributed by atoms with Gasteiger partial charge in [0.15, 0.2) is 0 Å². The average Bonchev–Trinajstić information content (AvgIpc) is 2.86. The van der Waals surface area contributed by atoms with Crippen LogP contribution in [0.25, 0.3) is 0 Å². The number of carboxylic acid groups (broad SMARTS) is 1. The standard InChI is InChI=1S/C14H20N2O6/c1-14(2,3)21-13(19)16-6-4-9(5-7-16)20-11-8-10(12(17)18)22-15-11/h8-9H,4-7H2,1-3H3,(H,17,18). The molecule has 2 rings (SSSR count). The van der Waals surface area contributed by atoms with Crippen molar-refractivity contribution in [2.75, 3.05) is 13.1 Å². The highest BCUT2D eigenvalue weighted by Crippen LogP contribution is 2.20. The molecule has 1 aliphatic rings. The van der Waals surface area contributed by atoms with Crippen molar-refractivity contribution in [2.24, 2.45) is 0 Å². The largest absolute Gasteiger partial charge is 0.475 e. The molecule has 1 N–H and O–H groups in total. The molecule has 122 valence electrons. The molecular formula is C14H20N2O6. The number of carbonyl (C=O) groups is 2. The lowest BCUT2D eigenvalue weighted by Crippen LogP contribution is -2.44. The van der Waals surface area contributed by atoms with Gasteiger partial charge in [0.25, 0.3) is 5.88 Å². The van der Waals surface area contributed by atoms with E-state index in [9.17, 15) is 9.59 Å². The minimum atomic E-state index is -1.19. The summed E-state index contributed by atoms with van der Waals surface area (Å²) in [5, 5.41) is 12.3. The van der Waals surface area contributed by atoms with E-state index < -0.39 is 11.6 Å². The molecule has 0 bridgehead atoms. The summed E-state index contributed by atoms with van der Waals surface area (Å²) in [5.74, 6) is -1.31. The SMILES string of the molecule is CC(C)(C)OC(=O)N1CCC(Oc2cc(C(=O)O)on2)CC1. The van der Waals surface area contributed by atoms with Crippen LogP contribution < -0.4 is 4.74 Å². The third-order valence-electron chi connectivity index (χ3n) is 3.08. The number of nitrogens with zero attached hydrogens (tertiary/aromatic N) is 2. The van der Waals surface area contributed by atoms with Gasteiger partial charge in [-0.2, -0.15) is 0 Å². The van der Waals surface area contributed by atoms with Gasteiger partial charge in [-0.3, -0.25) is 0 Å². The smallest absolute Gasteiger partial charge is 0.410 e. The van der Waals surface area contributed by atoms with E-state index >= 15 is 0 Å². The van der Waals surface area contributed by atoms with Gasteiger partial charge in [0.05, 0.1) is 6.07 Å². The van der Waals surface area contributed by atoms with Gasteiger partial charge in [0.2, 0.25) is 5.76 Å². The minimum Gasteiger partial charge on any atom is -0.475 e. The first kappa shape index (κ1) is 16.1. The van der Waals surface area contributed by atoms with Crippen LogP contribution in [0.15, 0.2) is 10.6 Å². The fourth-order valence-electron chi connectivity index (χ4n) is 2.07. The molecule has 0 unspecified atom stereocenters. The first-order valence-electron chi connectivity index (χ1n) is 7.09. The molecule has 1 aromatic rings. The average molecular weight is 312 g/mol. The Morgan fingerprint density at radius 2 is 2.00 bits per heavy atom. The Bertz CT molecular complexity index is 540. The van der Waals surface area contributed by atoms with Gasteiger partial charge in [-0.15, -0.1) is 0 Å². The number of aromatic carboxylic acids is 1. The molecule has 1 saturated heterocycles. The van der Waals surface area contributed by atoms with Crippen LogP contribution in [0.4, 0.5) is 4.79 Å². The third-order valence-corrected chi connectivity index (χ3v) is 3.08. The van der Waals surface area contributed by atoms with E-state index in [-0.39, 0.29) is 23.8 Å². The molecule has 1 aliphatic heterocycles. The van der Waals surface area contributed by atoms with Gasteiger partial charge >= 0.3 is 12.1 Å². The van der Waals surface area contributed by atoms with Crippen molar-refractivity contribution < 1.29 is 28.7 Å². The lowest BCUT2D eigenvalue weighted by molar-refractivity contribution is 0.0120. The molecule has 0 aromatic carbocycles. The number of piperidine rings is 1. The number of rotatable bonds is 3. The van der Waals surface area contributed by atoms with Gasteiger partial charge in [-0.1, -0.05) is 0 Å². The molecule has 8 heteroatoms. The van der Waals surface area contributed by atoms with E-state index in [1.54, 1.807) is 4.90 Å². The number of aromatic nitrogens is 1. The van der Waals surface area contributed by atoms with E-state index in [1.165, 1.54) is 6.07 Å². The second-order valence-electron chi connectivity index (χ2n) is 6.12. The molecule has 0 spiro atoms. The highest BCUT2D eigenvalue weighted by atomic mass is 16.6. The van der Waals surface area contributed by atoms with Crippen molar-refractivity contribution in [1.29, 1.82) is 0 Å². The second-order valence-corrected chi connectivity index (χ2v) is 6.12. The zero-order valence-electron chi connectivity index (χ0n) is 12.9. The Hall–Kier alpha value is -2.25. The molecule has 8 nitrogen and oxygen atoms in total. The van der Waals surface area contributed by atoms with Crippen LogP contribution in [0, 0.1) is 0 Å². The summed E-state index contributed by atoms with van der Waals surface area (Å²) in [6.45, 7) is 6.51. The Kier molecular flexibility index (Phi) is 4.58. The van der Waals surface area contributed by atoms with Crippen LogP contribution in [0.2, 0.25) is 0 Å². The van der Waals surface area contributed by atoms with Crippen LogP contribution in [0.3, 0.4) is 0 Å². The first-order chi connectivity index (χ1) is 10.2. The van der Waals surface area contributed by atoms with E-state index in [1.807, 2.05) is 20.8 Å². The molecule has 1 aromatic heterocycles. The number of amides is 1. The molecule has 1 amide bonds. The van der Waals surface area contributed by atoms with Crippen molar-refractivity contribution >= 4 is 12.1 Å². The van der Waals surface area contributed by atoms with Gasteiger partial charge in [0, 0.05) is 25.9 Å². The van der Waals surface area contributed by atoms with E-state index in [2.05, 4.69) is 9.68 Å². The molecule has 1 fully saturated rings. The van der Waals surface area contributed by atoms with Gasteiger partial charge in [-0.25, -0.2) is 9.59 Å². The van der Waals surface area contributed by atoms with Crippen molar-refractivity contribution in [3.63, 3.8) is 0 Å². The minimum absolute atomic E-state index is 0.134. The Labute approximate surface area is 128 Å². The fourth-order valence-corrected chi connectivity index (χ4v) is 2.07. The van der Waals surface area contributed by atoms with Gasteiger partial charge < -0.3 is 24.0 Å². The molecule has 0 aliphatic carbocycles. The zero-order valence-corrected chi connectivity index (χ0v) is 12.9. The highest BCUT2D eigenvalue weighted by molar-refractivity contribution is 5.84. The second kappa shape index (κ2) is 6.25. The number of hydrogen-bond donors (Lipinski definition) is 1. The lowest BCUT2D eigenvalue weighted by Gasteiger charge is -2.33. The maximum Gasteiger partial charge on any atom is 0.410 e. The Balaban J connectivity index is 1.81. The quantitative estimate of drug-likeness (QED) is 0.912. The Morgan fingerprint density at radius 1 is 1.36 bits per heavy atom. The maximum absolute atomic E-state index is 11.9. The van der Waals surface area contributed by atoms with Gasteiger partial charge in [0.1, 0.15) is 11.7 Å².